The Morgan fingerprint density at radius 3 is 2.63 bits per heavy atom. The topological polar surface area (TPSA) is 80.0 Å². The zero-order valence-electron chi connectivity index (χ0n) is 15.8. The van der Waals surface area contributed by atoms with E-state index in [1.165, 1.54) is 0 Å². The van der Waals surface area contributed by atoms with Crippen molar-refractivity contribution in [2.24, 2.45) is 0 Å². The minimum Gasteiger partial charge on any atom is -0.448 e. The Morgan fingerprint density at radius 2 is 1.96 bits per heavy atom. The third-order valence-electron chi connectivity index (χ3n) is 5.11. The van der Waals surface area contributed by atoms with Crippen molar-refractivity contribution in [2.75, 3.05) is 13.1 Å². The number of benzene rings is 1. The van der Waals surface area contributed by atoms with Crippen LogP contribution in [0.3, 0.4) is 0 Å². The molecule has 4 rings (SSSR count). The van der Waals surface area contributed by atoms with Gasteiger partial charge in [-0.05, 0) is 38.1 Å². The molecule has 0 unspecified atom stereocenters. The van der Waals surface area contributed by atoms with Crippen molar-refractivity contribution in [1.82, 2.24) is 24.6 Å². The smallest absolute Gasteiger partial charge is 0.347 e. The van der Waals surface area contributed by atoms with Crippen LogP contribution in [-0.2, 0) is 6.54 Å². The van der Waals surface area contributed by atoms with Crippen LogP contribution in [0.4, 0.5) is 0 Å². The average Bonchev–Trinajstić information content (AvgIpc) is 3.30. The first-order valence-corrected chi connectivity index (χ1v) is 9.51. The molecular formula is C20H25N5O2. The number of aromatic amines is 1. The summed E-state index contributed by atoms with van der Waals surface area (Å²) in [6.07, 6.45) is 3.69. The zero-order valence-corrected chi connectivity index (χ0v) is 15.8. The Balaban J connectivity index is 1.43. The number of rotatable bonds is 5. The molecule has 7 heteroatoms. The lowest BCUT2D eigenvalue weighted by Crippen LogP contribution is -2.33. The lowest BCUT2D eigenvalue weighted by molar-refractivity contribution is 0.199. The summed E-state index contributed by atoms with van der Waals surface area (Å²) in [7, 11) is 0. The summed E-state index contributed by atoms with van der Waals surface area (Å²) < 4.78 is 7.24. The second-order valence-electron chi connectivity index (χ2n) is 7.44. The number of hydrogen-bond donors (Lipinski definition) is 1. The number of aromatic nitrogens is 4. The van der Waals surface area contributed by atoms with Crippen molar-refractivity contribution in [3.05, 3.63) is 64.5 Å². The second kappa shape index (κ2) is 7.52. The summed E-state index contributed by atoms with van der Waals surface area (Å²) >= 11 is 0. The number of likely N-dealkylation sites (tertiary alicyclic amines) is 1. The summed E-state index contributed by atoms with van der Waals surface area (Å²) in [5.74, 6) is 2.19. The predicted molar refractivity (Wildman–Crippen MR) is 102 cm³/mol. The van der Waals surface area contributed by atoms with Gasteiger partial charge in [0, 0.05) is 18.4 Å². The van der Waals surface area contributed by atoms with Crippen LogP contribution in [0.25, 0.3) is 5.69 Å². The number of nitrogens with zero attached hydrogens (tertiary/aromatic N) is 4. The quantitative estimate of drug-likeness (QED) is 0.750. The minimum atomic E-state index is -0.178. The first-order valence-electron chi connectivity index (χ1n) is 9.51. The van der Waals surface area contributed by atoms with E-state index in [0.717, 1.165) is 55.6 Å². The zero-order chi connectivity index (χ0) is 18.8. The fourth-order valence-corrected chi connectivity index (χ4v) is 3.65. The van der Waals surface area contributed by atoms with Crippen molar-refractivity contribution in [3.63, 3.8) is 0 Å². The average molecular weight is 367 g/mol. The Kier molecular flexibility index (Phi) is 4.94. The molecule has 142 valence electrons. The molecule has 3 aromatic rings. The maximum absolute atomic E-state index is 12.3. The summed E-state index contributed by atoms with van der Waals surface area (Å²) in [4.78, 5) is 19.2. The predicted octanol–water partition coefficient (Wildman–Crippen LogP) is 3.05. The molecule has 0 amide bonds. The fraction of sp³-hybridized carbons (Fsp3) is 0.450. The van der Waals surface area contributed by atoms with Gasteiger partial charge in [0.05, 0.1) is 11.4 Å². The van der Waals surface area contributed by atoms with Crippen LogP contribution < -0.4 is 5.69 Å². The number of hydrogen-bond acceptors (Lipinski definition) is 5. The summed E-state index contributed by atoms with van der Waals surface area (Å²) in [5.41, 5.74) is 1.66. The molecule has 0 saturated carbocycles. The number of H-pyrrole nitrogens is 1. The normalized spacial score (nSPS) is 16.3. The molecular weight excluding hydrogens is 342 g/mol. The van der Waals surface area contributed by atoms with Gasteiger partial charge in [-0.25, -0.2) is 19.4 Å². The molecule has 27 heavy (non-hydrogen) atoms. The van der Waals surface area contributed by atoms with Crippen molar-refractivity contribution >= 4 is 0 Å². The number of nitrogens with one attached hydrogen (secondary N) is 1. The highest BCUT2D eigenvalue weighted by atomic mass is 16.3. The van der Waals surface area contributed by atoms with Crippen molar-refractivity contribution in [3.8, 4) is 5.69 Å². The van der Waals surface area contributed by atoms with E-state index in [1.807, 2.05) is 30.3 Å². The Bertz CT molecular complexity index is 933. The van der Waals surface area contributed by atoms with Crippen molar-refractivity contribution in [1.29, 1.82) is 0 Å². The van der Waals surface area contributed by atoms with Crippen LogP contribution in [0.5, 0.6) is 0 Å². The van der Waals surface area contributed by atoms with Crippen LogP contribution in [0.2, 0.25) is 0 Å². The van der Waals surface area contributed by atoms with Gasteiger partial charge >= 0.3 is 5.69 Å². The van der Waals surface area contributed by atoms with Gasteiger partial charge in [-0.2, -0.15) is 5.10 Å². The van der Waals surface area contributed by atoms with Crippen LogP contribution in [0.1, 0.15) is 55.9 Å². The SMILES string of the molecule is CC(C)c1nc(CN2CCC(c3n[nH]c(=O)n3-c3ccccc3)CC2)co1. The molecule has 0 spiro atoms. The van der Waals surface area contributed by atoms with E-state index in [-0.39, 0.29) is 11.6 Å². The fourth-order valence-electron chi connectivity index (χ4n) is 3.65. The molecule has 0 bridgehead atoms. The number of piperidine rings is 1. The first kappa shape index (κ1) is 17.7. The standard InChI is InChI=1S/C20H25N5O2/c1-14(2)19-21-16(13-27-19)12-24-10-8-15(9-11-24)18-22-23-20(26)25(18)17-6-4-3-5-7-17/h3-7,13-15H,8-12H2,1-2H3,(H,23,26). The van der Waals surface area contributed by atoms with Crippen LogP contribution in [0.15, 0.2) is 45.8 Å². The molecule has 1 aliphatic rings. The molecule has 7 nitrogen and oxygen atoms in total. The molecule has 1 fully saturated rings. The van der Waals surface area contributed by atoms with Gasteiger partial charge in [0.1, 0.15) is 12.1 Å². The maximum atomic E-state index is 12.3. The third-order valence-corrected chi connectivity index (χ3v) is 5.11. The summed E-state index contributed by atoms with van der Waals surface area (Å²) in [6, 6.07) is 9.69. The highest BCUT2D eigenvalue weighted by Gasteiger charge is 2.26. The largest absolute Gasteiger partial charge is 0.448 e. The lowest BCUT2D eigenvalue weighted by Gasteiger charge is -2.30. The first-order chi connectivity index (χ1) is 13.1. The van der Waals surface area contributed by atoms with Crippen molar-refractivity contribution < 1.29 is 4.42 Å². The van der Waals surface area contributed by atoms with Gasteiger partial charge < -0.3 is 4.42 Å². The summed E-state index contributed by atoms with van der Waals surface area (Å²) in [5, 5.41) is 6.95. The molecule has 2 aromatic heterocycles. The molecule has 1 N–H and O–H groups in total. The number of oxazole rings is 1. The van der Waals surface area contributed by atoms with E-state index in [2.05, 4.69) is 33.9 Å². The van der Waals surface area contributed by atoms with Gasteiger partial charge in [-0.1, -0.05) is 32.0 Å². The highest BCUT2D eigenvalue weighted by molar-refractivity contribution is 5.32. The van der Waals surface area contributed by atoms with Crippen LogP contribution >= 0.6 is 0 Å². The van der Waals surface area contributed by atoms with Gasteiger partial charge in [0.2, 0.25) is 0 Å². The Labute approximate surface area is 158 Å². The Morgan fingerprint density at radius 1 is 1.22 bits per heavy atom. The molecule has 3 heterocycles. The molecule has 0 atom stereocenters. The van der Waals surface area contributed by atoms with E-state index >= 15 is 0 Å². The van der Waals surface area contributed by atoms with E-state index in [1.54, 1.807) is 10.8 Å². The van der Waals surface area contributed by atoms with Gasteiger partial charge in [-0.3, -0.25) is 4.90 Å². The number of para-hydroxylation sites is 1. The van der Waals surface area contributed by atoms with Gasteiger partial charge in [0.15, 0.2) is 5.89 Å². The van der Waals surface area contributed by atoms with Crippen LogP contribution in [-0.4, -0.2) is 37.7 Å². The molecule has 1 aliphatic heterocycles. The molecule has 1 saturated heterocycles. The minimum absolute atomic E-state index is 0.178. The van der Waals surface area contributed by atoms with E-state index < -0.39 is 0 Å². The highest BCUT2D eigenvalue weighted by Crippen LogP contribution is 2.28. The monoisotopic (exact) mass is 367 g/mol. The van der Waals surface area contributed by atoms with E-state index in [0.29, 0.717) is 5.92 Å². The molecule has 1 aromatic carbocycles. The molecule has 0 radical (unpaired) electrons. The summed E-state index contributed by atoms with van der Waals surface area (Å²) in [6.45, 7) is 6.86. The second-order valence-corrected chi connectivity index (χ2v) is 7.44. The van der Waals surface area contributed by atoms with E-state index in [4.69, 9.17) is 4.42 Å². The van der Waals surface area contributed by atoms with E-state index in [9.17, 15) is 4.79 Å². The van der Waals surface area contributed by atoms with Crippen molar-refractivity contribution in [2.45, 2.75) is 45.1 Å². The third kappa shape index (κ3) is 3.73. The van der Waals surface area contributed by atoms with Crippen LogP contribution in [0, 0.1) is 0 Å². The van der Waals surface area contributed by atoms with Gasteiger partial charge in [-0.15, -0.1) is 0 Å². The molecule has 0 aliphatic carbocycles. The Hall–Kier alpha value is -2.67. The maximum Gasteiger partial charge on any atom is 0.347 e. The van der Waals surface area contributed by atoms with Gasteiger partial charge in [0.25, 0.3) is 0 Å². The lowest BCUT2D eigenvalue weighted by atomic mass is 9.95.